The van der Waals surface area contributed by atoms with E-state index in [2.05, 4.69) is 4.98 Å². The van der Waals surface area contributed by atoms with E-state index in [0.717, 1.165) is 6.42 Å². The number of para-hydroxylation sites is 1. The highest BCUT2D eigenvalue weighted by molar-refractivity contribution is 8.00. The van der Waals surface area contributed by atoms with Gasteiger partial charge in [-0.3, -0.25) is 9.36 Å². The number of hydrogen-bond acceptors (Lipinski definition) is 5. The van der Waals surface area contributed by atoms with Gasteiger partial charge >= 0.3 is 0 Å². The van der Waals surface area contributed by atoms with Crippen LogP contribution in [0.3, 0.4) is 0 Å². The van der Waals surface area contributed by atoms with Crippen LogP contribution in [0.25, 0.3) is 10.9 Å². The van der Waals surface area contributed by atoms with Gasteiger partial charge in [0.15, 0.2) is 5.16 Å². The molecular weight excluding hydrogens is 308 g/mol. The summed E-state index contributed by atoms with van der Waals surface area (Å²) in [4.78, 5) is 17.0. The van der Waals surface area contributed by atoms with Gasteiger partial charge in [-0.25, -0.2) is 13.4 Å². The van der Waals surface area contributed by atoms with Crippen molar-refractivity contribution in [3.8, 4) is 0 Å². The van der Waals surface area contributed by atoms with Crippen molar-refractivity contribution >= 4 is 32.5 Å². The normalized spacial score (nSPS) is 11.9. The van der Waals surface area contributed by atoms with Crippen LogP contribution in [0, 0.1) is 0 Å². The van der Waals surface area contributed by atoms with Crippen LogP contribution >= 0.6 is 11.8 Å². The smallest absolute Gasteiger partial charge is 0.262 e. The van der Waals surface area contributed by atoms with Crippen molar-refractivity contribution in [2.75, 3.05) is 17.8 Å². The Bertz CT molecular complexity index is 797. The van der Waals surface area contributed by atoms with Crippen LogP contribution in [-0.4, -0.2) is 35.7 Å². The van der Waals surface area contributed by atoms with Crippen molar-refractivity contribution in [2.45, 2.75) is 25.0 Å². The lowest BCUT2D eigenvalue weighted by Gasteiger charge is -2.11. The molecule has 114 valence electrons. The van der Waals surface area contributed by atoms with Gasteiger partial charge in [0.25, 0.3) is 5.56 Å². The number of fused-ring (bicyclic) bond motifs is 1. The van der Waals surface area contributed by atoms with Gasteiger partial charge in [0, 0.05) is 18.6 Å². The summed E-state index contributed by atoms with van der Waals surface area (Å²) < 4.78 is 24.1. The van der Waals surface area contributed by atoms with Crippen molar-refractivity contribution in [2.24, 2.45) is 0 Å². The number of nitrogens with zero attached hydrogens (tertiary/aromatic N) is 2. The zero-order chi connectivity index (χ0) is 15.5. The van der Waals surface area contributed by atoms with Crippen LogP contribution in [0.15, 0.2) is 34.2 Å². The molecule has 0 aliphatic rings. The molecule has 1 heterocycles. The molecule has 2 rings (SSSR count). The summed E-state index contributed by atoms with van der Waals surface area (Å²) in [6.45, 7) is 2.57. The summed E-state index contributed by atoms with van der Waals surface area (Å²) in [5.74, 6) is 0.472. The van der Waals surface area contributed by atoms with E-state index in [-0.39, 0.29) is 11.3 Å². The van der Waals surface area contributed by atoms with Crippen molar-refractivity contribution in [3.63, 3.8) is 0 Å². The minimum atomic E-state index is -3.01. The van der Waals surface area contributed by atoms with E-state index in [1.165, 1.54) is 18.0 Å². The Morgan fingerprint density at radius 1 is 1.29 bits per heavy atom. The third-order valence-electron chi connectivity index (χ3n) is 2.96. The molecule has 0 unspecified atom stereocenters. The molecule has 0 N–H and O–H groups in total. The third-order valence-corrected chi connectivity index (χ3v) is 5.14. The molecule has 0 bridgehead atoms. The highest BCUT2D eigenvalue weighted by Crippen LogP contribution is 2.18. The Kier molecular flexibility index (Phi) is 5.05. The van der Waals surface area contributed by atoms with E-state index >= 15 is 0 Å². The van der Waals surface area contributed by atoms with Crippen molar-refractivity contribution in [1.82, 2.24) is 9.55 Å². The van der Waals surface area contributed by atoms with Crippen LogP contribution < -0.4 is 5.56 Å². The van der Waals surface area contributed by atoms with E-state index < -0.39 is 9.84 Å². The SMILES string of the molecule is CCCn1c(SCCS(C)(=O)=O)nc2ccccc2c1=O. The molecule has 2 aromatic rings. The first-order chi connectivity index (χ1) is 9.92. The van der Waals surface area contributed by atoms with E-state index in [9.17, 15) is 13.2 Å². The Balaban J connectivity index is 2.41. The second kappa shape index (κ2) is 6.62. The number of rotatable bonds is 6. The standard InChI is InChI=1S/C14H18N2O3S2/c1-3-8-16-13(17)11-6-4-5-7-12(11)15-14(16)20-9-10-21(2,18)19/h4-7H,3,8-10H2,1-2H3. The van der Waals surface area contributed by atoms with Crippen LogP contribution in [0.5, 0.6) is 0 Å². The second-order valence-electron chi connectivity index (χ2n) is 4.85. The van der Waals surface area contributed by atoms with Gasteiger partial charge in [-0.15, -0.1) is 0 Å². The summed E-state index contributed by atoms with van der Waals surface area (Å²) in [5, 5.41) is 1.18. The summed E-state index contributed by atoms with van der Waals surface area (Å²) in [5.41, 5.74) is 0.584. The molecule has 0 saturated carbocycles. The largest absolute Gasteiger partial charge is 0.287 e. The van der Waals surface area contributed by atoms with Crippen molar-refractivity contribution in [3.05, 3.63) is 34.6 Å². The molecule has 1 aromatic carbocycles. The lowest BCUT2D eigenvalue weighted by Crippen LogP contribution is -2.23. The fourth-order valence-electron chi connectivity index (χ4n) is 1.96. The molecule has 5 nitrogen and oxygen atoms in total. The maximum absolute atomic E-state index is 12.5. The summed E-state index contributed by atoms with van der Waals surface area (Å²) in [7, 11) is -3.01. The molecule has 0 saturated heterocycles. The first-order valence-electron chi connectivity index (χ1n) is 6.72. The molecule has 21 heavy (non-hydrogen) atoms. The minimum absolute atomic E-state index is 0.0655. The third kappa shape index (κ3) is 4.07. The van der Waals surface area contributed by atoms with E-state index in [1.54, 1.807) is 16.7 Å². The van der Waals surface area contributed by atoms with Gasteiger partial charge < -0.3 is 0 Å². The van der Waals surface area contributed by atoms with Crippen LogP contribution in [0.4, 0.5) is 0 Å². The van der Waals surface area contributed by atoms with Crippen LogP contribution in [0.2, 0.25) is 0 Å². The lowest BCUT2D eigenvalue weighted by atomic mass is 10.2. The Labute approximate surface area is 128 Å². The monoisotopic (exact) mass is 326 g/mol. The number of sulfone groups is 1. The maximum atomic E-state index is 12.5. The topological polar surface area (TPSA) is 69.0 Å². The molecule has 1 aromatic heterocycles. The maximum Gasteiger partial charge on any atom is 0.262 e. The molecular formula is C14H18N2O3S2. The van der Waals surface area contributed by atoms with Gasteiger partial charge in [0.2, 0.25) is 0 Å². The molecule has 0 spiro atoms. The zero-order valence-corrected chi connectivity index (χ0v) is 13.7. The Morgan fingerprint density at radius 3 is 2.67 bits per heavy atom. The molecule has 0 aliphatic carbocycles. The fourth-order valence-corrected chi connectivity index (χ4v) is 4.18. The second-order valence-corrected chi connectivity index (χ2v) is 8.17. The van der Waals surface area contributed by atoms with Gasteiger partial charge in [-0.05, 0) is 18.6 Å². The molecule has 0 aliphatic heterocycles. The minimum Gasteiger partial charge on any atom is -0.287 e. The quantitative estimate of drug-likeness (QED) is 0.599. The highest BCUT2D eigenvalue weighted by Gasteiger charge is 2.11. The van der Waals surface area contributed by atoms with Gasteiger partial charge in [-0.1, -0.05) is 30.8 Å². The molecule has 0 atom stereocenters. The number of aromatic nitrogens is 2. The molecule has 0 radical (unpaired) electrons. The summed E-state index contributed by atoms with van der Waals surface area (Å²) in [6, 6.07) is 7.22. The zero-order valence-electron chi connectivity index (χ0n) is 12.1. The van der Waals surface area contributed by atoms with E-state index in [1.807, 2.05) is 19.1 Å². The number of benzene rings is 1. The average molecular weight is 326 g/mol. The van der Waals surface area contributed by atoms with Crippen molar-refractivity contribution < 1.29 is 8.42 Å². The number of thioether (sulfide) groups is 1. The fraction of sp³-hybridized carbons (Fsp3) is 0.429. The summed E-state index contributed by atoms with van der Waals surface area (Å²) in [6.07, 6.45) is 2.03. The average Bonchev–Trinajstić information content (AvgIpc) is 2.41. The first-order valence-corrected chi connectivity index (χ1v) is 9.77. The Morgan fingerprint density at radius 2 is 2.00 bits per heavy atom. The Hall–Kier alpha value is -1.34. The van der Waals surface area contributed by atoms with E-state index in [4.69, 9.17) is 0 Å². The van der Waals surface area contributed by atoms with Gasteiger partial charge in [0.1, 0.15) is 9.84 Å². The van der Waals surface area contributed by atoms with Gasteiger partial charge in [0.05, 0.1) is 16.7 Å². The number of hydrogen-bond donors (Lipinski definition) is 0. The predicted octanol–water partition coefficient (Wildman–Crippen LogP) is 1.94. The highest BCUT2D eigenvalue weighted by atomic mass is 32.2. The molecule has 7 heteroatoms. The van der Waals surface area contributed by atoms with Crippen LogP contribution in [0.1, 0.15) is 13.3 Å². The first kappa shape index (κ1) is 16.0. The van der Waals surface area contributed by atoms with Crippen LogP contribution in [-0.2, 0) is 16.4 Å². The van der Waals surface area contributed by atoms with Gasteiger partial charge in [-0.2, -0.15) is 0 Å². The van der Waals surface area contributed by atoms with E-state index in [0.29, 0.717) is 28.4 Å². The molecule has 0 amide bonds. The predicted molar refractivity (Wildman–Crippen MR) is 86.7 cm³/mol. The summed E-state index contributed by atoms with van der Waals surface area (Å²) >= 11 is 1.32. The molecule has 0 fully saturated rings. The lowest BCUT2D eigenvalue weighted by molar-refractivity contribution is 0.584. The van der Waals surface area contributed by atoms with Crippen molar-refractivity contribution in [1.29, 1.82) is 0 Å².